The summed E-state index contributed by atoms with van der Waals surface area (Å²) in [4.78, 5) is 23.1. The number of benzene rings is 1. The second kappa shape index (κ2) is 8.14. The summed E-state index contributed by atoms with van der Waals surface area (Å²) in [6.07, 6.45) is 1.88. The Labute approximate surface area is 139 Å². The number of hydrogen-bond acceptors (Lipinski definition) is 3. The predicted molar refractivity (Wildman–Crippen MR) is 86.8 cm³/mol. The van der Waals surface area contributed by atoms with E-state index in [0.29, 0.717) is 13.1 Å². The first-order valence-corrected chi connectivity index (χ1v) is 7.50. The molecule has 2 N–H and O–H groups in total. The van der Waals surface area contributed by atoms with E-state index in [4.69, 9.17) is 0 Å². The van der Waals surface area contributed by atoms with Gasteiger partial charge < -0.3 is 19.9 Å². The van der Waals surface area contributed by atoms with Crippen molar-refractivity contribution in [3.05, 3.63) is 59.7 Å². The summed E-state index contributed by atoms with van der Waals surface area (Å²) in [6, 6.07) is 8.84. The van der Waals surface area contributed by atoms with Crippen LogP contribution in [0.5, 0.6) is 0 Å². The minimum atomic E-state index is -0.721. The summed E-state index contributed by atoms with van der Waals surface area (Å²) >= 11 is 0. The fraction of sp³-hybridized carbons (Fsp3) is 0.294. The number of nitrogens with zero attached hydrogens (tertiary/aromatic N) is 1. The SMILES string of the molecule is COC(=O)[C@@H](C)NC(=O)NCc1cccn1Cc1ccc(F)cc1. The Balaban J connectivity index is 1.90. The summed E-state index contributed by atoms with van der Waals surface area (Å²) in [6.45, 7) is 2.42. The summed E-state index contributed by atoms with van der Waals surface area (Å²) in [5.74, 6) is -0.783. The molecule has 0 fully saturated rings. The van der Waals surface area contributed by atoms with Gasteiger partial charge in [0.05, 0.1) is 13.7 Å². The van der Waals surface area contributed by atoms with E-state index in [1.165, 1.54) is 19.2 Å². The van der Waals surface area contributed by atoms with E-state index in [0.717, 1.165) is 11.3 Å². The Bertz CT molecular complexity index is 697. The van der Waals surface area contributed by atoms with E-state index in [1.807, 2.05) is 22.9 Å². The number of hydrogen-bond donors (Lipinski definition) is 2. The third-order valence-electron chi connectivity index (χ3n) is 3.52. The zero-order chi connectivity index (χ0) is 17.5. The molecule has 0 saturated heterocycles. The molecule has 0 spiro atoms. The maximum atomic E-state index is 12.9. The number of carbonyl (C=O) groups excluding carboxylic acids is 2. The highest BCUT2D eigenvalue weighted by atomic mass is 19.1. The van der Waals surface area contributed by atoms with Crippen LogP contribution in [0.2, 0.25) is 0 Å². The van der Waals surface area contributed by atoms with Gasteiger partial charge in [-0.05, 0) is 36.8 Å². The Morgan fingerprint density at radius 3 is 2.62 bits per heavy atom. The fourth-order valence-electron chi connectivity index (χ4n) is 2.20. The molecule has 2 aromatic rings. The average Bonchev–Trinajstić information content (AvgIpc) is 3.01. The van der Waals surface area contributed by atoms with Gasteiger partial charge in [0, 0.05) is 18.4 Å². The van der Waals surface area contributed by atoms with E-state index in [2.05, 4.69) is 15.4 Å². The Hall–Kier alpha value is -2.83. The van der Waals surface area contributed by atoms with Crippen molar-refractivity contribution >= 4 is 12.0 Å². The van der Waals surface area contributed by atoms with Crippen LogP contribution in [0.3, 0.4) is 0 Å². The smallest absolute Gasteiger partial charge is 0.328 e. The van der Waals surface area contributed by atoms with Gasteiger partial charge in [-0.2, -0.15) is 0 Å². The summed E-state index contributed by atoms with van der Waals surface area (Å²) in [5, 5.41) is 5.18. The third-order valence-corrected chi connectivity index (χ3v) is 3.52. The maximum Gasteiger partial charge on any atom is 0.328 e. The first-order valence-electron chi connectivity index (χ1n) is 7.50. The minimum absolute atomic E-state index is 0.274. The zero-order valence-electron chi connectivity index (χ0n) is 13.6. The second-order valence-corrected chi connectivity index (χ2v) is 5.33. The van der Waals surface area contributed by atoms with Crippen molar-refractivity contribution in [2.24, 2.45) is 0 Å². The lowest BCUT2D eigenvalue weighted by Crippen LogP contribution is -2.44. The van der Waals surface area contributed by atoms with E-state index < -0.39 is 18.0 Å². The van der Waals surface area contributed by atoms with Gasteiger partial charge in [0.2, 0.25) is 0 Å². The Morgan fingerprint density at radius 1 is 1.25 bits per heavy atom. The number of carbonyl (C=O) groups is 2. The molecular weight excluding hydrogens is 313 g/mol. The van der Waals surface area contributed by atoms with Crippen LogP contribution in [-0.4, -0.2) is 29.7 Å². The Morgan fingerprint density at radius 2 is 1.96 bits per heavy atom. The number of rotatable bonds is 6. The van der Waals surface area contributed by atoms with Crippen LogP contribution in [0.15, 0.2) is 42.6 Å². The van der Waals surface area contributed by atoms with Crippen LogP contribution in [0, 0.1) is 5.82 Å². The maximum absolute atomic E-state index is 12.9. The van der Waals surface area contributed by atoms with E-state index >= 15 is 0 Å². The van der Waals surface area contributed by atoms with E-state index in [1.54, 1.807) is 19.1 Å². The van der Waals surface area contributed by atoms with Gasteiger partial charge in [-0.1, -0.05) is 12.1 Å². The van der Waals surface area contributed by atoms with Gasteiger partial charge >= 0.3 is 12.0 Å². The molecule has 0 aliphatic rings. The number of esters is 1. The molecule has 128 valence electrons. The van der Waals surface area contributed by atoms with Gasteiger partial charge in [0.15, 0.2) is 0 Å². The molecule has 0 unspecified atom stereocenters. The quantitative estimate of drug-likeness (QED) is 0.795. The minimum Gasteiger partial charge on any atom is -0.467 e. The van der Waals surface area contributed by atoms with Crippen LogP contribution in [-0.2, 0) is 22.6 Å². The molecule has 0 aliphatic carbocycles. The molecule has 2 amide bonds. The highest BCUT2D eigenvalue weighted by Crippen LogP contribution is 2.09. The number of methoxy groups -OCH3 is 1. The topological polar surface area (TPSA) is 72.4 Å². The van der Waals surface area contributed by atoms with Crippen LogP contribution in [0.25, 0.3) is 0 Å². The van der Waals surface area contributed by atoms with Gasteiger partial charge in [-0.25, -0.2) is 14.0 Å². The van der Waals surface area contributed by atoms with Crippen LogP contribution in [0.1, 0.15) is 18.2 Å². The Kier molecular flexibility index (Phi) is 5.95. The molecule has 6 nitrogen and oxygen atoms in total. The van der Waals surface area contributed by atoms with Crippen molar-refractivity contribution in [1.82, 2.24) is 15.2 Å². The van der Waals surface area contributed by atoms with E-state index in [-0.39, 0.29) is 5.82 Å². The molecule has 0 saturated carbocycles. The van der Waals surface area contributed by atoms with Gasteiger partial charge in [-0.15, -0.1) is 0 Å². The number of amides is 2. The lowest BCUT2D eigenvalue weighted by Gasteiger charge is -2.14. The number of ether oxygens (including phenoxy) is 1. The molecule has 24 heavy (non-hydrogen) atoms. The molecule has 0 aliphatic heterocycles. The predicted octanol–water partition coefficient (Wildman–Crippen LogP) is 2.04. The standard InChI is InChI=1S/C17H20FN3O3/c1-12(16(22)24-2)20-17(23)19-10-15-4-3-9-21(15)11-13-5-7-14(18)8-6-13/h3-9,12H,10-11H2,1-2H3,(H2,19,20,23)/t12-/m1/s1. The van der Waals surface area contributed by atoms with Crippen LogP contribution in [0.4, 0.5) is 9.18 Å². The number of nitrogens with one attached hydrogen (secondary N) is 2. The number of urea groups is 1. The first-order chi connectivity index (χ1) is 11.5. The molecule has 1 heterocycles. The highest BCUT2D eigenvalue weighted by Gasteiger charge is 2.15. The fourth-order valence-corrected chi connectivity index (χ4v) is 2.20. The van der Waals surface area contributed by atoms with Gasteiger partial charge in [0.1, 0.15) is 11.9 Å². The molecule has 2 rings (SSSR count). The molecule has 0 bridgehead atoms. The number of halogens is 1. The third kappa shape index (κ3) is 4.84. The summed E-state index contributed by atoms with van der Waals surface area (Å²) in [7, 11) is 1.26. The largest absolute Gasteiger partial charge is 0.467 e. The van der Waals surface area contributed by atoms with Crippen LogP contribution >= 0.6 is 0 Å². The molecule has 0 radical (unpaired) electrons. The number of aromatic nitrogens is 1. The summed E-state index contributed by atoms with van der Waals surface area (Å²) in [5.41, 5.74) is 1.85. The van der Waals surface area contributed by atoms with Crippen molar-refractivity contribution in [1.29, 1.82) is 0 Å². The van der Waals surface area contributed by atoms with Crippen molar-refractivity contribution in [3.8, 4) is 0 Å². The van der Waals surface area contributed by atoms with Crippen molar-refractivity contribution in [2.75, 3.05) is 7.11 Å². The average molecular weight is 333 g/mol. The molecule has 7 heteroatoms. The second-order valence-electron chi connectivity index (χ2n) is 5.33. The molecule has 1 aromatic carbocycles. The highest BCUT2D eigenvalue weighted by molar-refractivity contribution is 5.83. The molecule has 1 atom stereocenters. The summed E-state index contributed by atoms with van der Waals surface area (Å²) < 4.78 is 19.4. The first kappa shape index (κ1) is 17.5. The van der Waals surface area contributed by atoms with Crippen molar-refractivity contribution < 1.29 is 18.7 Å². The van der Waals surface area contributed by atoms with Gasteiger partial charge in [0.25, 0.3) is 0 Å². The molecule has 1 aromatic heterocycles. The van der Waals surface area contributed by atoms with Crippen LogP contribution < -0.4 is 10.6 Å². The normalized spacial score (nSPS) is 11.6. The van der Waals surface area contributed by atoms with Gasteiger partial charge in [-0.3, -0.25) is 0 Å². The van der Waals surface area contributed by atoms with Crippen molar-refractivity contribution in [3.63, 3.8) is 0 Å². The lowest BCUT2D eigenvalue weighted by molar-refractivity contribution is -0.142. The molecular formula is C17H20FN3O3. The lowest BCUT2D eigenvalue weighted by atomic mass is 10.2. The van der Waals surface area contributed by atoms with Crippen molar-refractivity contribution in [2.45, 2.75) is 26.1 Å². The monoisotopic (exact) mass is 333 g/mol. The van der Waals surface area contributed by atoms with E-state index in [9.17, 15) is 14.0 Å². The zero-order valence-corrected chi connectivity index (χ0v) is 13.6.